The van der Waals surface area contributed by atoms with Crippen LogP contribution in [0.5, 0.6) is 0 Å². The molecule has 2 fully saturated rings. The molecular weight excluding hydrogens is 522 g/mol. The van der Waals surface area contributed by atoms with Crippen molar-refractivity contribution in [3.8, 4) is 11.4 Å². The largest absolute Gasteiger partial charge is 0.352 e. The van der Waals surface area contributed by atoms with Crippen molar-refractivity contribution in [3.63, 3.8) is 0 Å². The van der Waals surface area contributed by atoms with Crippen molar-refractivity contribution in [2.24, 2.45) is 5.92 Å². The normalized spacial score (nSPS) is 19.6. The maximum Gasteiger partial charge on any atom is 0.252 e. The monoisotopic (exact) mass is 563 g/mol. The highest BCUT2D eigenvalue weighted by atomic mass is 32.2. The van der Waals surface area contributed by atoms with Crippen LogP contribution in [0, 0.1) is 5.92 Å². The number of rotatable bonds is 9. The van der Waals surface area contributed by atoms with Gasteiger partial charge < -0.3 is 10.2 Å². The third-order valence-electron chi connectivity index (χ3n) is 8.46. The van der Waals surface area contributed by atoms with Crippen molar-refractivity contribution in [2.75, 3.05) is 32.7 Å². The van der Waals surface area contributed by atoms with E-state index in [4.69, 9.17) is 4.98 Å². The number of pyridine rings is 2. The van der Waals surface area contributed by atoms with Gasteiger partial charge in [0.1, 0.15) is 0 Å². The predicted molar refractivity (Wildman–Crippen MR) is 159 cm³/mol. The summed E-state index contributed by atoms with van der Waals surface area (Å²) >= 11 is 0. The number of piperidine rings is 2. The number of likely N-dealkylation sites (tertiary alicyclic amines) is 1. The van der Waals surface area contributed by atoms with E-state index in [0.717, 1.165) is 38.8 Å². The summed E-state index contributed by atoms with van der Waals surface area (Å²) < 4.78 is 28.6. The molecule has 0 saturated carbocycles. The number of nitrogens with zero attached hydrogens (tertiary/aromatic N) is 4. The summed E-state index contributed by atoms with van der Waals surface area (Å²) in [6.07, 6.45) is 9.22. The number of benzene rings is 1. The zero-order valence-electron chi connectivity index (χ0n) is 23.7. The van der Waals surface area contributed by atoms with Crippen LogP contribution in [-0.2, 0) is 10.0 Å². The Morgan fingerprint density at radius 3 is 2.60 bits per heavy atom. The van der Waals surface area contributed by atoms with Gasteiger partial charge in [0.05, 0.1) is 27.4 Å². The van der Waals surface area contributed by atoms with Gasteiger partial charge in [-0.15, -0.1) is 0 Å². The van der Waals surface area contributed by atoms with E-state index in [2.05, 4.69) is 29.0 Å². The first-order valence-electron chi connectivity index (χ1n) is 14.8. The molecule has 2 saturated heterocycles. The molecule has 3 aromatic rings. The Balaban J connectivity index is 1.41. The van der Waals surface area contributed by atoms with Gasteiger partial charge in [-0.2, -0.15) is 4.31 Å². The molecule has 2 aliphatic heterocycles. The molecule has 5 rings (SSSR count). The molecule has 2 aliphatic rings. The van der Waals surface area contributed by atoms with Gasteiger partial charge in [0.15, 0.2) is 0 Å². The van der Waals surface area contributed by atoms with Crippen molar-refractivity contribution in [3.05, 3.63) is 54.2 Å². The van der Waals surface area contributed by atoms with Crippen molar-refractivity contribution in [1.82, 2.24) is 24.5 Å². The Kier molecular flexibility index (Phi) is 9.13. The fourth-order valence-electron chi connectivity index (χ4n) is 5.97. The first-order valence-corrected chi connectivity index (χ1v) is 16.2. The van der Waals surface area contributed by atoms with Crippen LogP contribution in [0.25, 0.3) is 22.3 Å². The third-order valence-corrected chi connectivity index (χ3v) is 10.4. The number of hydrogen-bond donors (Lipinski definition) is 1. The second-order valence-electron chi connectivity index (χ2n) is 11.2. The topological polar surface area (TPSA) is 95.5 Å². The van der Waals surface area contributed by atoms with Gasteiger partial charge in [-0.05, 0) is 87.4 Å². The average molecular weight is 564 g/mol. The molecule has 9 heteroatoms. The third kappa shape index (κ3) is 6.37. The minimum atomic E-state index is -3.67. The van der Waals surface area contributed by atoms with E-state index in [1.54, 1.807) is 34.8 Å². The SMILES string of the molecule is CCC1CCCCN1CCCNC(=O)c1cc(-c2ccccn2)nc2ccc(S(=O)(=O)N3CCC(C)CC3)cc12. The summed E-state index contributed by atoms with van der Waals surface area (Å²) in [5.41, 5.74) is 2.23. The van der Waals surface area contributed by atoms with Crippen molar-refractivity contribution < 1.29 is 13.2 Å². The first kappa shape index (κ1) is 28.6. The summed E-state index contributed by atoms with van der Waals surface area (Å²) in [5, 5.41) is 3.63. The van der Waals surface area contributed by atoms with Crippen molar-refractivity contribution >= 4 is 26.8 Å². The molecule has 1 amide bonds. The molecule has 0 bridgehead atoms. The number of amides is 1. The van der Waals surface area contributed by atoms with Gasteiger partial charge >= 0.3 is 0 Å². The molecule has 214 valence electrons. The van der Waals surface area contributed by atoms with Crippen LogP contribution in [-0.4, -0.2) is 72.3 Å². The quantitative estimate of drug-likeness (QED) is 0.364. The minimum Gasteiger partial charge on any atom is -0.352 e. The molecule has 1 N–H and O–H groups in total. The van der Waals surface area contributed by atoms with Crippen LogP contribution in [0.2, 0.25) is 0 Å². The fraction of sp³-hybridized carbons (Fsp3) is 0.516. The second kappa shape index (κ2) is 12.7. The molecule has 1 aromatic carbocycles. The highest BCUT2D eigenvalue weighted by Crippen LogP contribution is 2.29. The Morgan fingerprint density at radius 1 is 1.02 bits per heavy atom. The molecule has 1 atom stereocenters. The van der Waals surface area contributed by atoms with E-state index in [1.165, 1.54) is 19.3 Å². The number of nitrogens with one attached hydrogen (secondary N) is 1. The van der Waals surface area contributed by atoms with E-state index in [0.29, 0.717) is 59.4 Å². The molecule has 0 radical (unpaired) electrons. The number of aromatic nitrogens is 2. The van der Waals surface area contributed by atoms with E-state index in [9.17, 15) is 13.2 Å². The maximum absolute atomic E-state index is 13.6. The van der Waals surface area contributed by atoms with E-state index in [1.807, 2.05) is 18.2 Å². The summed E-state index contributed by atoms with van der Waals surface area (Å²) in [7, 11) is -3.67. The predicted octanol–water partition coefficient (Wildman–Crippen LogP) is 5.10. The fourth-order valence-corrected chi connectivity index (χ4v) is 7.47. The minimum absolute atomic E-state index is 0.201. The smallest absolute Gasteiger partial charge is 0.252 e. The molecule has 2 aromatic heterocycles. The number of sulfonamides is 1. The molecule has 8 nitrogen and oxygen atoms in total. The van der Waals surface area contributed by atoms with Crippen LogP contribution in [0.4, 0.5) is 0 Å². The Hall–Kier alpha value is -2.88. The van der Waals surface area contributed by atoms with Crippen molar-refractivity contribution in [2.45, 2.75) is 69.7 Å². The van der Waals surface area contributed by atoms with E-state index in [-0.39, 0.29) is 10.8 Å². The molecule has 0 aliphatic carbocycles. The lowest BCUT2D eigenvalue weighted by molar-refractivity contribution is 0.0949. The number of carbonyl (C=O) groups is 1. The summed E-state index contributed by atoms with van der Waals surface area (Å²) in [5.74, 6) is 0.298. The van der Waals surface area contributed by atoms with E-state index >= 15 is 0 Å². The molecular formula is C31H41N5O3S. The molecule has 4 heterocycles. The van der Waals surface area contributed by atoms with E-state index < -0.39 is 10.0 Å². The van der Waals surface area contributed by atoms with Gasteiger partial charge in [0.2, 0.25) is 10.0 Å². The summed E-state index contributed by atoms with van der Waals surface area (Å²) in [6.45, 7) is 8.08. The summed E-state index contributed by atoms with van der Waals surface area (Å²) in [4.78, 5) is 25.5. The maximum atomic E-state index is 13.6. The lowest BCUT2D eigenvalue weighted by Gasteiger charge is -2.35. The van der Waals surface area contributed by atoms with Crippen molar-refractivity contribution in [1.29, 1.82) is 0 Å². The number of fused-ring (bicyclic) bond motifs is 1. The van der Waals surface area contributed by atoms with Crippen LogP contribution in [0.15, 0.2) is 53.6 Å². The van der Waals surface area contributed by atoms with Gasteiger partial charge in [-0.25, -0.2) is 13.4 Å². The lowest BCUT2D eigenvalue weighted by Crippen LogP contribution is -2.40. The second-order valence-corrected chi connectivity index (χ2v) is 13.2. The average Bonchev–Trinajstić information content (AvgIpc) is 2.99. The number of carbonyl (C=O) groups excluding carboxylic acids is 1. The number of hydrogen-bond acceptors (Lipinski definition) is 6. The zero-order chi connectivity index (χ0) is 28.1. The highest BCUT2D eigenvalue weighted by Gasteiger charge is 2.29. The zero-order valence-corrected chi connectivity index (χ0v) is 24.5. The molecule has 1 unspecified atom stereocenters. The van der Waals surface area contributed by atoms with Gasteiger partial charge in [0.25, 0.3) is 5.91 Å². The lowest BCUT2D eigenvalue weighted by atomic mass is 10.00. The first-order chi connectivity index (χ1) is 19.4. The van der Waals surface area contributed by atoms with Gasteiger partial charge in [0, 0.05) is 43.8 Å². The molecule has 0 spiro atoms. The van der Waals surface area contributed by atoms with Gasteiger partial charge in [-0.3, -0.25) is 9.78 Å². The Bertz CT molecular complexity index is 1420. The van der Waals surface area contributed by atoms with Crippen LogP contribution in [0.3, 0.4) is 0 Å². The highest BCUT2D eigenvalue weighted by molar-refractivity contribution is 7.89. The standard InChI is InChI=1S/C31H41N5O3S/c1-3-24-9-5-7-17-35(24)18-8-16-33-31(37)27-22-30(29-10-4-6-15-32-29)34-28-12-11-25(21-26(27)28)40(38,39)36-19-13-23(2)14-20-36/h4,6,10-12,15,21-24H,3,5,7-9,13-14,16-20H2,1-2H3,(H,33,37). The van der Waals surface area contributed by atoms with Crippen LogP contribution in [0.1, 0.15) is 69.2 Å². The Labute approximate surface area is 238 Å². The van der Waals surface area contributed by atoms with Crippen LogP contribution >= 0.6 is 0 Å². The molecule has 40 heavy (non-hydrogen) atoms. The summed E-state index contributed by atoms with van der Waals surface area (Å²) in [6, 6.07) is 12.9. The van der Waals surface area contributed by atoms with Crippen LogP contribution < -0.4 is 5.32 Å². The van der Waals surface area contributed by atoms with Gasteiger partial charge in [-0.1, -0.05) is 26.3 Å². The Morgan fingerprint density at radius 2 is 1.85 bits per heavy atom.